The van der Waals surface area contributed by atoms with Crippen LogP contribution >= 0.6 is 0 Å². The molecule has 0 spiro atoms. The van der Waals surface area contributed by atoms with E-state index in [-0.39, 0.29) is 46.1 Å². The van der Waals surface area contributed by atoms with E-state index in [2.05, 4.69) is 15.6 Å². The highest BCUT2D eigenvalue weighted by atomic mass is 19.3. The van der Waals surface area contributed by atoms with Crippen molar-refractivity contribution in [2.24, 2.45) is 13.0 Å². The Morgan fingerprint density at radius 3 is 2.47 bits per heavy atom. The molecular formula is C32H35F3N6O4. The molecule has 1 aliphatic heterocycles. The summed E-state index contributed by atoms with van der Waals surface area (Å²) in [5.74, 6) is -5.15. The van der Waals surface area contributed by atoms with Crippen molar-refractivity contribution in [3.05, 3.63) is 75.0 Å². The van der Waals surface area contributed by atoms with Crippen LogP contribution in [-0.2, 0) is 13.6 Å². The molecule has 13 heteroatoms. The number of nitrogens with zero attached hydrogens (tertiary/aromatic N) is 4. The summed E-state index contributed by atoms with van der Waals surface area (Å²) < 4.78 is 49.4. The van der Waals surface area contributed by atoms with Crippen molar-refractivity contribution in [3.8, 4) is 23.1 Å². The van der Waals surface area contributed by atoms with Crippen molar-refractivity contribution in [2.45, 2.75) is 46.1 Å². The standard InChI is InChI=1S/C30H29F3N6O4.C2H6/c1-3-43-25-10-20(26-21(6-18(11-34)8-23(26)31)29(42)39-15-30(32,33)16-39)9-24(36-25)37-27(40)22-7-19(14-38(2)28(22)41)13-35-12-17-4-5-17;1-2/h6-10,14,17,35H,3-5,12-13,15-16H2,1-2H3,(H,36,37,40);1-2H3. The Hall–Kier alpha value is -4.70. The fraction of sp³-hybridized carbons (Fsp3) is 0.406. The third-order valence-electron chi connectivity index (χ3n) is 7.15. The molecular weight excluding hydrogens is 589 g/mol. The predicted octanol–water partition coefficient (Wildman–Crippen LogP) is 4.73. The number of alkyl halides is 2. The molecule has 238 valence electrons. The zero-order valence-electron chi connectivity index (χ0n) is 25.5. The number of halogens is 3. The smallest absolute Gasteiger partial charge is 0.282 e. The van der Waals surface area contributed by atoms with E-state index in [4.69, 9.17) is 4.74 Å². The first kappa shape index (κ1) is 33.2. The molecule has 2 aromatic heterocycles. The number of rotatable bonds is 10. The molecule has 10 nitrogen and oxygen atoms in total. The van der Waals surface area contributed by atoms with Crippen LogP contribution in [0.2, 0.25) is 0 Å². The first-order valence-corrected chi connectivity index (χ1v) is 14.8. The SMILES string of the molecule is CC.CCOc1cc(-c2c(F)cc(C#N)cc2C(=O)N2CC(F)(F)C2)cc(NC(=O)c2cc(CNCC3CC3)cn(C)c2=O)n1. The Balaban J connectivity index is 0.00000226. The molecule has 1 aliphatic carbocycles. The molecule has 2 amide bonds. The second kappa shape index (κ2) is 13.9. The number of pyridine rings is 2. The first-order valence-electron chi connectivity index (χ1n) is 14.8. The Labute approximate surface area is 258 Å². The average molecular weight is 625 g/mol. The van der Waals surface area contributed by atoms with E-state index in [1.165, 1.54) is 42.7 Å². The quantitative estimate of drug-likeness (QED) is 0.334. The normalized spacial score (nSPS) is 14.8. The summed E-state index contributed by atoms with van der Waals surface area (Å²) >= 11 is 0. The monoisotopic (exact) mass is 624 g/mol. The van der Waals surface area contributed by atoms with Crippen LogP contribution in [-0.4, -0.2) is 58.4 Å². The van der Waals surface area contributed by atoms with Crippen LogP contribution in [0.15, 0.2) is 41.3 Å². The van der Waals surface area contributed by atoms with Crippen LogP contribution in [0.1, 0.15) is 65.5 Å². The van der Waals surface area contributed by atoms with Crippen LogP contribution in [0.5, 0.6) is 5.88 Å². The van der Waals surface area contributed by atoms with Crippen molar-refractivity contribution < 1.29 is 27.5 Å². The molecule has 0 radical (unpaired) electrons. The number of carbonyl (C=O) groups is 2. The molecule has 2 fully saturated rings. The number of hydrogen-bond acceptors (Lipinski definition) is 7. The lowest BCUT2D eigenvalue weighted by Gasteiger charge is -2.39. The summed E-state index contributed by atoms with van der Waals surface area (Å²) in [6.45, 7) is 5.47. The van der Waals surface area contributed by atoms with Gasteiger partial charge in [0.05, 0.1) is 36.9 Å². The van der Waals surface area contributed by atoms with Crippen LogP contribution in [0, 0.1) is 23.1 Å². The molecule has 1 aromatic carbocycles. The molecule has 0 unspecified atom stereocenters. The lowest BCUT2D eigenvalue weighted by Crippen LogP contribution is -2.58. The van der Waals surface area contributed by atoms with Crippen LogP contribution in [0.3, 0.4) is 0 Å². The predicted molar refractivity (Wildman–Crippen MR) is 162 cm³/mol. The molecule has 1 saturated carbocycles. The van der Waals surface area contributed by atoms with Gasteiger partial charge in [0.15, 0.2) is 0 Å². The summed E-state index contributed by atoms with van der Waals surface area (Å²) in [5, 5.41) is 15.2. The van der Waals surface area contributed by atoms with Gasteiger partial charge in [0, 0.05) is 31.4 Å². The van der Waals surface area contributed by atoms with Gasteiger partial charge in [0.1, 0.15) is 17.2 Å². The lowest BCUT2D eigenvalue weighted by atomic mass is 9.95. The highest BCUT2D eigenvalue weighted by Crippen LogP contribution is 2.35. The number of nitrogens with one attached hydrogen (secondary N) is 2. The maximum Gasteiger partial charge on any atom is 0.282 e. The number of likely N-dealkylation sites (tertiary alicyclic amines) is 1. The van der Waals surface area contributed by atoms with Crippen molar-refractivity contribution in [1.82, 2.24) is 19.8 Å². The minimum atomic E-state index is -3.06. The molecule has 5 rings (SSSR count). The van der Waals surface area contributed by atoms with E-state index in [1.807, 2.05) is 13.8 Å². The number of hydrogen-bond donors (Lipinski definition) is 2. The second-order valence-electron chi connectivity index (χ2n) is 10.7. The second-order valence-corrected chi connectivity index (χ2v) is 10.7. The highest BCUT2D eigenvalue weighted by Gasteiger charge is 2.47. The van der Waals surface area contributed by atoms with Crippen LogP contribution in [0.4, 0.5) is 19.0 Å². The summed E-state index contributed by atoms with van der Waals surface area (Å²) in [5.41, 5.74) is -0.677. The van der Waals surface area contributed by atoms with Crippen LogP contribution < -0.4 is 20.9 Å². The van der Waals surface area contributed by atoms with E-state index in [0.717, 1.165) is 29.1 Å². The van der Waals surface area contributed by atoms with E-state index >= 15 is 4.39 Å². The minimum absolute atomic E-state index is 0.0288. The van der Waals surface area contributed by atoms with Gasteiger partial charge in [0.25, 0.3) is 23.3 Å². The molecule has 45 heavy (non-hydrogen) atoms. The fourth-order valence-electron chi connectivity index (χ4n) is 4.86. The molecule has 3 heterocycles. The van der Waals surface area contributed by atoms with Gasteiger partial charge >= 0.3 is 0 Å². The first-order chi connectivity index (χ1) is 21.5. The van der Waals surface area contributed by atoms with Gasteiger partial charge in [-0.25, -0.2) is 13.2 Å². The maximum atomic E-state index is 15.5. The zero-order chi connectivity index (χ0) is 32.9. The van der Waals surface area contributed by atoms with Crippen LogP contribution in [0.25, 0.3) is 11.1 Å². The lowest BCUT2D eigenvalue weighted by molar-refractivity contribution is -0.113. The van der Waals surface area contributed by atoms with E-state index < -0.39 is 42.2 Å². The third kappa shape index (κ3) is 7.88. The molecule has 0 atom stereocenters. The van der Waals surface area contributed by atoms with Crippen molar-refractivity contribution in [3.63, 3.8) is 0 Å². The molecule has 3 aromatic rings. The summed E-state index contributed by atoms with van der Waals surface area (Å²) in [6.07, 6.45) is 4.01. The van der Waals surface area contributed by atoms with Gasteiger partial charge < -0.3 is 24.8 Å². The van der Waals surface area contributed by atoms with Crippen molar-refractivity contribution in [1.29, 1.82) is 5.26 Å². The van der Waals surface area contributed by atoms with Gasteiger partial charge in [0.2, 0.25) is 5.88 Å². The number of aryl methyl sites for hydroxylation is 1. The summed E-state index contributed by atoms with van der Waals surface area (Å²) in [7, 11) is 1.54. The zero-order valence-corrected chi connectivity index (χ0v) is 25.5. The number of nitriles is 1. The minimum Gasteiger partial charge on any atom is -0.478 e. The fourth-order valence-corrected chi connectivity index (χ4v) is 4.86. The number of benzene rings is 1. The number of ether oxygens (including phenoxy) is 1. The Morgan fingerprint density at radius 2 is 1.84 bits per heavy atom. The molecule has 2 aliphatic rings. The van der Waals surface area contributed by atoms with Gasteiger partial charge in [-0.1, -0.05) is 13.8 Å². The summed E-state index contributed by atoms with van der Waals surface area (Å²) in [4.78, 5) is 44.4. The Bertz CT molecular complexity index is 1690. The van der Waals surface area contributed by atoms with E-state index in [0.29, 0.717) is 12.5 Å². The molecule has 1 saturated heterocycles. The van der Waals surface area contributed by atoms with Gasteiger partial charge in [-0.3, -0.25) is 14.4 Å². The topological polar surface area (TPSA) is 129 Å². The number of carbonyl (C=O) groups excluding carboxylic acids is 2. The van der Waals surface area contributed by atoms with Gasteiger partial charge in [-0.05, 0) is 67.6 Å². The molecule has 2 N–H and O–H groups in total. The number of aromatic nitrogens is 2. The third-order valence-corrected chi connectivity index (χ3v) is 7.15. The van der Waals surface area contributed by atoms with Crippen molar-refractivity contribution in [2.75, 3.05) is 31.6 Å². The van der Waals surface area contributed by atoms with Crippen molar-refractivity contribution >= 4 is 17.6 Å². The maximum absolute atomic E-state index is 15.5. The Kier molecular flexibility index (Phi) is 10.3. The van der Waals surface area contributed by atoms with Gasteiger partial charge in [-0.15, -0.1) is 0 Å². The molecule has 0 bridgehead atoms. The Morgan fingerprint density at radius 1 is 1.13 bits per heavy atom. The summed E-state index contributed by atoms with van der Waals surface area (Å²) in [6, 6.07) is 7.91. The van der Waals surface area contributed by atoms with Gasteiger partial charge in [-0.2, -0.15) is 10.2 Å². The van der Waals surface area contributed by atoms with E-state index in [1.54, 1.807) is 19.2 Å². The number of amides is 2. The van der Waals surface area contributed by atoms with E-state index in [9.17, 15) is 28.4 Å². The number of anilines is 1. The largest absolute Gasteiger partial charge is 0.478 e. The average Bonchev–Trinajstić information content (AvgIpc) is 3.82. The highest BCUT2D eigenvalue weighted by molar-refractivity contribution is 6.05.